The van der Waals surface area contributed by atoms with Crippen molar-refractivity contribution in [2.24, 2.45) is 0 Å². The molecular weight excluding hydrogens is 318 g/mol. The van der Waals surface area contributed by atoms with Crippen molar-refractivity contribution in [1.82, 2.24) is 10.2 Å². The molecule has 25 heavy (non-hydrogen) atoms. The van der Waals surface area contributed by atoms with E-state index in [1.165, 1.54) is 4.90 Å². The predicted octanol–water partition coefficient (Wildman–Crippen LogP) is 2.13. The minimum atomic E-state index is -0.655. The van der Waals surface area contributed by atoms with Crippen LogP contribution < -0.4 is 10.2 Å². The lowest BCUT2D eigenvalue weighted by Gasteiger charge is -2.28. The van der Waals surface area contributed by atoms with Crippen LogP contribution in [0, 0.1) is 0 Å². The van der Waals surface area contributed by atoms with Crippen LogP contribution >= 0.6 is 0 Å². The third kappa shape index (κ3) is 3.63. The Kier molecular flexibility index (Phi) is 5.27. The first kappa shape index (κ1) is 17.7. The summed E-state index contributed by atoms with van der Waals surface area (Å²) in [6.45, 7) is 3.26. The van der Waals surface area contributed by atoms with Gasteiger partial charge in [-0.1, -0.05) is 38.0 Å². The van der Waals surface area contributed by atoms with Gasteiger partial charge < -0.3 is 15.3 Å². The fraction of sp³-hybridized carbons (Fsp3) is 0.579. The number of hydrogen-bond donors (Lipinski definition) is 2. The molecule has 1 aliphatic carbocycles. The highest BCUT2D eigenvalue weighted by Gasteiger charge is 2.52. The highest BCUT2D eigenvalue weighted by atomic mass is 16.3. The number of aliphatic hydroxyl groups excluding tert-OH is 1. The smallest absolute Gasteiger partial charge is 0.325 e. The summed E-state index contributed by atoms with van der Waals surface area (Å²) in [6.07, 6.45) is 3.67. The fourth-order valence-corrected chi connectivity index (χ4v) is 3.77. The average molecular weight is 345 g/mol. The molecule has 1 unspecified atom stereocenters. The van der Waals surface area contributed by atoms with Crippen LogP contribution in [0.2, 0.25) is 0 Å². The lowest BCUT2D eigenvalue weighted by molar-refractivity contribution is -0.131. The van der Waals surface area contributed by atoms with Crippen molar-refractivity contribution >= 4 is 17.6 Å². The van der Waals surface area contributed by atoms with E-state index in [4.69, 9.17) is 0 Å². The number of para-hydroxylation sites is 1. The third-order valence-corrected chi connectivity index (χ3v) is 5.32. The van der Waals surface area contributed by atoms with Gasteiger partial charge in [0.25, 0.3) is 5.91 Å². The maximum atomic E-state index is 12.7. The van der Waals surface area contributed by atoms with Gasteiger partial charge in [0, 0.05) is 25.3 Å². The molecule has 6 nitrogen and oxygen atoms in total. The maximum Gasteiger partial charge on any atom is 0.325 e. The second-order valence-corrected chi connectivity index (χ2v) is 7.02. The van der Waals surface area contributed by atoms with Crippen molar-refractivity contribution in [2.45, 2.75) is 50.7 Å². The molecule has 1 aromatic rings. The molecule has 0 radical (unpaired) electrons. The van der Waals surface area contributed by atoms with E-state index in [2.05, 4.69) is 5.32 Å². The summed E-state index contributed by atoms with van der Waals surface area (Å²) in [5.41, 5.74) is 0.329. The minimum Gasteiger partial charge on any atom is -0.391 e. The first-order valence-corrected chi connectivity index (χ1v) is 9.18. The molecule has 1 heterocycles. The fourth-order valence-electron chi connectivity index (χ4n) is 3.77. The monoisotopic (exact) mass is 345 g/mol. The van der Waals surface area contributed by atoms with E-state index in [-0.39, 0.29) is 11.9 Å². The Morgan fingerprint density at radius 1 is 1.24 bits per heavy atom. The van der Waals surface area contributed by atoms with Gasteiger partial charge in [-0.3, -0.25) is 9.69 Å². The number of amides is 3. The Bertz CT molecular complexity index is 614. The standard InChI is InChI=1S/C19H27N3O3/c1-2-16(23)14-21(15-8-4-3-5-9-15)12-13-22-17(24)19(20-18(22)25)10-6-7-11-19/h3-5,8-9,16,23H,2,6-7,10-14H2,1H3,(H,20,25). The largest absolute Gasteiger partial charge is 0.391 e. The number of nitrogens with zero attached hydrogens (tertiary/aromatic N) is 2. The third-order valence-electron chi connectivity index (χ3n) is 5.32. The van der Waals surface area contributed by atoms with Gasteiger partial charge >= 0.3 is 6.03 Å². The van der Waals surface area contributed by atoms with Crippen LogP contribution in [0.4, 0.5) is 10.5 Å². The summed E-state index contributed by atoms with van der Waals surface area (Å²) in [7, 11) is 0. The SMILES string of the molecule is CCC(O)CN(CCN1C(=O)NC2(CCCC2)C1=O)c1ccccc1. The second kappa shape index (κ2) is 7.44. The molecule has 3 rings (SSSR count). The number of rotatable bonds is 7. The Balaban J connectivity index is 1.68. The number of aliphatic hydroxyl groups is 1. The van der Waals surface area contributed by atoms with Crippen molar-refractivity contribution in [3.05, 3.63) is 30.3 Å². The molecule has 0 bridgehead atoms. The Morgan fingerprint density at radius 2 is 1.92 bits per heavy atom. The summed E-state index contributed by atoms with van der Waals surface area (Å²) < 4.78 is 0. The van der Waals surface area contributed by atoms with Crippen LogP contribution in [0.5, 0.6) is 0 Å². The van der Waals surface area contributed by atoms with Gasteiger partial charge in [0.15, 0.2) is 0 Å². The molecule has 1 atom stereocenters. The van der Waals surface area contributed by atoms with Gasteiger partial charge in [-0.25, -0.2) is 4.79 Å². The topological polar surface area (TPSA) is 72.9 Å². The predicted molar refractivity (Wildman–Crippen MR) is 96.4 cm³/mol. The molecule has 1 aromatic carbocycles. The number of anilines is 1. The Hall–Kier alpha value is -2.08. The van der Waals surface area contributed by atoms with E-state index in [1.807, 2.05) is 42.2 Å². The van der Waals surface area contributed by atoms with Crippen LogP contribution in [-0.2, 0) is 4.79 Å². The van der Waals surface area contributed by atoms with E-state index < -0.39 is 11.6 Å². The maximum absolute atomic E-state index is 12.7. The zero-order valence-corrected chi connectivity index (χ0v) is 14.8. The molecule has 1 saturated carbocycles. The lowest BCUT2D eigenvalue weighted by Crippen LogP contribution is -2.45. The van der Waals surface area contributed by atoms with Crippen LogP contribution in [0.25, 0.3) is 0 Å². The molecule has 2 aliphatic rings. The molecule has 1 aliphatic heterocycles. The minimum absolute atomic E-state index is 0.0842. The zero-order chi connectivity index (χ0) is 17.9. The lowest BCUT2D eigenvalue weighted by atomic mass is 9.98. The normalized spacial score (nSPS) is 20.2. The van der Waals surface area contributed by atoms with Crippen molar-refractivity contribution < 1.29 is 14.7 Å². The van der Waals surface area contributed by atoms with E-state index in [1.54, 1.807) is 0 Å². The number of carbonyl (C=O) groups excluding carboxylic acids is 2. The molecule has 1 saturated heterocycles. The molecule has 2 fully saturated rings. The van der Waals surface area contributed by atoms with Gasteiger partial charge in [-0.05, 0) is 31.4 Å². The quantitative estimate of drug-likeness (QED) is 0.743. The summed E-state index contributed by atoms with van der Waals surface area (Å²) in [4.78, 5) is 28.4. The van der Waals surface area contributed by atoms with E-state index in [0.717, 1.165) is 31.4 Å². The summed E-state index contributed by atoms with van der Waals surface area (Å²) in [6, 6.07) is 9.51. The molecular formula is C19H27N3O3. The first-order chi connectivity index (χ1) is 12.1. The molecule has 6 heteroatoms. The number of benzene rings is 1. The van der Waals surface area contributed by atoms with Crippen LogP contribution in [0.1, 0.15) is 39.0 Å². The number of hydrogen-bond acceptors (Lipinski definition) is 4. The second-order valence-electron chi connectivity index (χ2n) is 7.02. The van der Waals surface area contributed by atoms with Crippen molar-refractivity contribution in [1.29, 1.82) is 0 Å². The van der Waals surface area contributed by atoms with E-state index >= 15 is 0 Å². The van der Waals surface area contributed by atoms with E-state index in [9.17, 15) is 14.7 Å². The van der Waals surface area contributed by atoms with E-state index in [0.29, 0.717) is 26.1 Å². The molecule has 0 aromatic heterocycles. The molecule has 2 N–H and O–H groups in total. The van der Waals surface area contributed by atoms with Crippen LogP contribution in [0.15, 0.2) is 30.3 Å². The average Bonchev–Trinajstić information content (AvgIpc) is 3.18. The molecule has 3 amide bonds. The van der Waals surface area contributed by atoms with Crippen molar-refractivity contribution in [2.75, 3.05) is 24.5 Å². The van der Waals surface area contributed by atoms with Crippen molar-refractivity contribution in [3.63, 3.8) is 0 Å². The first-order valence-electron chi connectivity index (χ1n) is 9.18. The van der Waals surface area contributed by atoms with Gasteiger partial charge in [0.1, 0.15) is 5.54 Å². The number of imide groups is 1. The summed E-state index contributed by atoms with van der Waals surface area (Å²) >= 11 is 0. The highest BCUT2D eigenvalue weighted by Crippen LogP contribution is 2.35. The molecule has 136 valence electrons. The zero-order valence-electron chi connectivity index (χ0n) is 14.8. The summed E-state index contributed by atoms with van der Waals surface area (Å²) in [5.74, 6) is -0.0842. The summed E-state index contributed by atoms with van der Waals surface area (Å²) in [5, 5.41) is 13.0. The number of urea groups is 1. The number of nitrogens with one attached hydrogen (secondary N) is 1. The van der Waals surface area contributed by atoms with Crippen LogP contribution in [0.3, 0.4) is 0 Å². The van der Waals surface area contributed by atoms with Gasteiger partial charge in [-0.15, -0.1) is 0 Å². The Morgan fingerprint density at radius 3 is 2.56 bits per heavy atom. The van der Waals surface area contributed by atoms with Crippen LogP contribution in [-0.4, -0.2) is 53.2 Å². The highest BCUT2D eigenvalue weighted by molar-refractivity contribution is 6.07. The van der Waals surface area contributed by atoms with Crippen molar-refractivity contribution in [3.8, 4) is 0 Å². The Labute approximate surface area is 148 Å². The van der Waals surface area contributed by atoms with Gasteiger partial charge in [-0.2, -0.15) is 0 Å². The van der Waals surface area contributed by atoms with Gasteiger partial charge in [0.2, 0.25) is 0 Å². The number of carbonyl (C=O) groups is 2. The molecule has 1 spiro atoms. The van der Waals surface area contributed by atoms with Gasteiger partial charge in [0.05, 0.1) is 6.10 Å².